The highest BCUT2D eigenvalue weighted by molar-refractivity contribution is 6.00. The summed E-state index contributed by atoms with van der Waals surface area (Å²) in [5.74, 6) is 0.116. The van der Waals surface area contributed by atoms with Crippen molar-refractivity contribution < 1.29 is 4.79 Å². The summed E-state index contributed by atoms with van der Waals surface area (Å²) < 4.78 is 2.04. The van der Waals surface area contributed by atoms with E-state index in [1.54, 1.807) is 6.33 Å². The Morgan fingerprint density at radius 2 is 2.14 bits per heavy atom. The van der Waals surface area contributed by atoms with Gasteiger partial charge in [-0.3, -0.25) is 4.79 Å². The lowest BCUT2D eigenvalue weighted by molar-refractivity contribution is 0.0990. The Morgan fingerprint density at radius 1 is 1.43 bits per heavy atom. The maximum absolute atomic E-state index is 11.5. The van der Waals surface area contributed by atoms with Gasteiger partial charge < -0.3 is 4.57 Å². The zero-order valence-corrected chi connectivity index (χ0v) is 8.74. The molecule has 1 aromatic rings. The minimum atomic E-state index is -0.0253. The van der Waals surface area contributed by atoms with Gasteiger partial charge in [-0.1, -0.05) is 6.08 Å². The number of carbonyl (C=O) groups excluding carboxylic acids is 1. The van der Waals surface area contributed by atoms with Crippen LogP contribution < -0.4 is 0 Å². The predicted octanol–water partition coefficient (Wildman–Crippen LogP) is 2.24. The lowest BCUT2D eigenvalue weighted by atomic mass is 10.0. The molecule has 14 heavy (non-hydrogen) atoms. The van der Waals surface area contributed by atoms with Gasteiger partial charge in [0.2, 0.25) is 0 Å². The normalized spacial score (nSPS) is 15.8. The Hall–Kier alpha value is -1.38. The molecule has 1 heterocycles. The number of imidazole rings is 1. The smallest absolute Gasteiger partial charge is 0.187 e. The minimum absolute atomic E-state index is 0.0253. The second-order valence-corrected chi connectivity index (χ2v) is 4.55. The maximum atomic E-state index is 11.5. The van der Waals surface area contributed by atoms with Crippen molar-refractivity contribution in [1.82, 2.24) is 9.55 Å². The average Bonchev–Trinajstić information content (AvgIpc) is 2.47. The number of ketones is 1. The fourth-order valence-corrected chi connectivity index (χ4v) is 1.64. The Morgan fingerprint density at radius 3 is 2.79 bits per heavy atom. The molecule has 1 aliphatic rings. The van der Waals surface area contributed by atoms with Gasteiger partial charge in [-0.25, -0.2) is 4.98 Å². The number of fused-ring (bicyclic) bond motifs is 1. The molecule has 0 saturated carbocycles. The third-order valence-corrected chi connectivity index (χ3v) is 2.37. The number of rotatable bonds is 0. The van der Waals surface area contributed by atoms with E-state index < -0.39 is 0 Å². The van der Waals surface area contributed by atoms with E-state index in [0.717, 1.165) is 5.69 Å². The van der Waals surface area contributed by atoms with Crippen LogP contribution in [-0.4, -0.2) is 15.3 Å². The molecule has 0 bridgehead atoms. The molecule has 1 aromatic heterocycles. The van der Waals surface area contributed by atoms with Crippen molar-refractivity contribution in [3.63, 3.8) is 0 Å². The van der Waals surface area contributed by atoms with Crippen LogP contribution in [0.15, 0.2) is 12.4 Å². The van der Waals surface area contributed by atoms with E-state index in [-0.39, 0.29) is 11.3 Å². The number of Topliss-reactive ketones (excluding diaryl/α,β-unsaturated/α-hetero) is 1. The zero-order chi connectivity index (χ0) is 10.3. The first-order valence-electron chi connectivity index (χ1n) is 4.78. The minimum Gasteiger partial charge on any atom is -0.325 e. The number of allylic oxidation sites excluding steroid dienone is 1. The van der Waals surface area contributed by atoms with Crippen molar-refractivity contribution in [2.24, 2.45) is 0 Å². The fourth-order valence-electron chi connectivity index (χ4n) is 1.64. The lowest BCUT2D eigenvalue weighted by Crippen LogP contribution is -2.23. The standard InChI is InChI=1S/C11H14N2O/c1-11(2,3)13-7-12-10-8(13)5-4-6-9(10)14/h4-5,7H,6H2,1-3H3. The molecule has 0 atom stereocenters. The van der Waals surface area contributed by atoms with E-state index in [1.807, 2.05) is 16.7 Å². The highest BCUT2D eigenvalue weighted by Crippen LogP contribution is 2.24. The molecule has 2 rings (SSSR count). The van der Waals surface area contributed by atoms with Crippen molar-refractivity contribution in [2.45, 2.75) is 32.7 Å². The first-order valence-corrected chi connectivity index (χ1v) is 4.78. The van der Waals surface area contributed by atoms with Crippen LogP contribution in [0.2, 0.25) is 0 Å². The summed E-state index contributed by atoms with van der Waals surface area (Å²) in [6.07, 6.45) is 6.11. The van der Waals surface area contributed by atoms with Crippen LogP contribution in [0.25, 0.3) is 6.08 Å². The molecule has 0 aliphatic heterocycles. The van der Waals surface area contributed by atoms with Crippen molar-refractivity contribution >= 4 is 11.9 Å². The number of hydrogen-bond donors (Lipinski definition) is 0. The summed E-state index contributed by atoms with van der Waals surface area (Å²) in [5, 5.41) is 0. The number of hydrogen-bond acceptors (Lipinski definition) is 2. The topological polar surface area (TPSA) is 34.9 Å². The average molecular weight is 190 g/mol. The number of aromatic nitrogens is 2. The molecule has 0 unspecified atom stereocenters. The Bertz CT molecular complexity index is 407. The monoisotopic (exact) mass is 190 g/mol. The molecule has 0 spiro atoms. The van der Waals surface area contributed by atoms with Crippen molar-refractivity contribution in [1.29, 1.82) is 0 Å². The first kappa shape index (κ1) is 9.19. The molecule has 0 aromatic carbocycles. The quantitative estimate of drug-likeness (QED) is 0.628. The third kappa shape index (κ3) is 1.29. The molecule has 1 aliphatic carbocycles. The number of nitrogens with zero attached hydrogens (tertiary/aromatic N) is 2. The van der Waals surface area contributed by atoms with Crippen LogP contribution in [0.4, 0.5) is 0 Å². The van der Waals surface area contributed by atoms with Gasteiger partial charge in [0.05, 0.1) is 12.0 Å². The second-order valence-electron chi connectivity index (χ2n) is 4.55. The highest BCUT2D eigenvalue weighted by Gasteiger charge is 2.23. The molecule has 0 N–H and O–H groups in total. The van der Waals surface area contributed by atoms with Gasteiger partial charge in [0.1, 0.15) is 5.69 Å². The summed E-state index contributed by atoms with van der Waals surface area (Å²) in [5.41, 5.74) is 1.53. The third-order valence-electron chi connectivity index (χ3n) is 2.37. The summed E-state index contributed by atoms with van der Waals surface area (Å²) in [6, 6.07) is 0. The molecule has 0 radical (unpaired) electrons. The van der Waals surface area contributed by atoms with Crippen LogP contribution in [0.3, 0.4) is 0 Å². The molecule has 74 valence electrons. The van der Waals surface area contributed by atoms with Crippen molar-refractivity contribution in [2.75, 3.05) is 0 Å². The van der Waals surface area contributed by atoms with E-state index in [0.29, 0.717) is 12.1 Å². The number of carbonyl (C=O) groups is 1. The van der Waals surface area contributed by atoms with Gasteiger partial charge in [-0.15, -0.1) is 0 Å². The molecular weight excluding hydrogens is 176 g/mol. The van der Waals surface area contributed by atoms with Crippen LogP contribution in [-0.2, 0) is 5.54 Å². The van der Waals surface area contributed by atoms with Crippen LogP contribution in [0.1, 0.15) is 43.4 Å². The Labute approximate surface area is 83.5 Å². The largest absolute Gasteiger partial charge is 0.325 e. The first-order chi connectivity index (χ1) is 6.50. The zero-order valence-electron chi connectivity index (χ0n) is 8.74. The van der Waals surface area contributed by atoms with Gasteiger partial charge in [0.15, 0.2) is 5.78 Å². The highest BCUT2D eigenvalue weighted by atomic mass is 16.1. The molecule has 0 amide bonds. The van der Waals surface area contributed by atoms with Crippen LogP contribution in [0.5, 0.6) is 0 Å². The lowest BCUT2D eigenvalue weighted by Gasteiger charge is -2.23. The molecule has 0 saturated heterocycles. The SMILES string of the molecule is CC(C)(C)n1cnc2c1C=CCC2=O. The Kier molecular flexibility index (Phi) is 1.84. The predicted molar refractivity (Wildman–Crippen MR) is 55.2 cm³/mol. The van der Waals surface area contributed by atoms with E-state index >= 15 is 0 Å². The van der Waals surface area contributed by atoms with Crippen molar-refractivity contribution in [3.05, 3.63) is 23.8 Å². The molecule has 0 fully saturated rings. The second kappa shape index (κ2) is 2.80. The maximum Gasteiger partial charge on any atom is 0.187 e. The summed E-state index contributed by atoms with van der Waals surface area (Å²) >= 11 is 0. The van der Waals surface area contributed by atoms with Gasteiger partial charge >= 0.3 is 0 Å². The van der Waals surface area contributed by atoms with Gasteiger partial charge in [-0.2, -0.15) is 0 Å². The fraction of sp³-hybridized carbons (Fsp3) is 0.455. The van der Waals surface area contributed by atoms with Gasteiger partial charge in [-0.05, 0) is 26.8 Å². The molecule has 3 nitrogen and oxygen atoms in total. The molecular formula is C11H14N2O. The van der Waals surface area contributed by atoms with E-state index in [1.165, 1.54) is 0 Å². The molecule has 3 heteroatoms. The van der Waals surface area contributed by atoms with Gasteiger partial charge in [0.25, 0.3) is 0 Å². The Balaban J connectivity index is 2.59. The van der Waals surface area contributed by atoms with E-state index in [9.17, 15) is 4.79 Å². The summed E-state index contributed by atoms with van der Waals surface area (Å²) in [7, 11) is 0. The summed E-state index contributed by atoms with van der Waals surface area (Å²) in [4.78, 5) is 15.7. The van der Waals surface area contributed by atoms with Crippen LogP contribution in [0, 0.1) is 0 Å². The summed E-state index contributed by atoms with van der Waals surface area (Å²) in [6.45, 7) is 6.30. The van der Waals surface area contributed by atoms with Gasteiger partial charge in [0, 0.05) is 12.0 Å². The van der Waals surface area contributed by atoms with Crippen molar-refractivity contribution in [3.8, 4) is 0 Å². The van der Waals surface area contributed by atoms with Crippen LogP contribution >= 0.6 is 0 Å². The van der Waals surface area contributed by atoms with E-state index in [2.05, 4.69) is 25.8 Å². The van der Waals surface area contributed by atoms with E-state index in [4.69, 9.17) is 0 Å².